The molecule has 2 rings (SSSR count). The third-order valence-corrected chi connectivity index (χ3v) is 4.18. The van der Waals surface area contributed by atoms with E-state index < -0.39 is 0 Å². The van der Waals surface area contributed by atoms with Gasteiger partial charge < -0.3 is 15.5 Å². The summed E-state index contributed by atoms with van der Waals surface area (Å²) in [6.07, 6.45) is 1.14. The van der Waals surface area contributed by atoms with Crippen LogP contribution in [-0.4, -0.2) is 43.1 Å². The van der Waals surface area contributed by atoms with E-state index in [9.17, 15) is 0 Å². The Balaban J connectivity index is 2.17. The smallest absolute Gasteiger partial charge is 0.185 e. The Morgan fingerprint density at radius 2 is 2.38 bits per heavy atom. The maximum atomic E-state index is 5.61. The van der Waals surface area contributed by atoms with E-state index in [4.69, 9.17) is 10.7 Å². The highest BCUT2D eigenvalue weighted by Crippen LogP contribution is 2.29. The number of rotatable bonds is 4. The van der Waals surface area contributed by atoms with Gasteiger partial charge in [-0.1, -0.05) is 0 Å². The molecule has 1 aliphatic heterocycles. The lowest BCUT2D eigenvalue weighted by atomic mass is 10.2. The van der Waals surface area contributed by atoms with Crippen molar-refractivity contribution in [1.29, 1.82) is 0 Å². The van der Waals surface area contributed by atoms with Gasteiger partial charge in [-0.05, 0) is 20.4 Å². The number of aromatic nitrogens is 1. The van der Waals surface area contributed by atoms with E-state index in [1.54, 1.807) is 0 Å². The van der Waals surface area contributed by atoms with Gasteiger partial charge in [0.25, 0.3) is 0 Å². The van der Waals surface area contributed by atoms with Crippen LogP contribution in [0.4, 0.5) is 5.13 Å². The first-order chi connectivity index (χ1) is 7.74. The number of hydrogen-bond acceptors (Lipinski definition) is 5. The van der Waals surface area contributed by atoms with Crippen molar-refractivity contribution in [3.05, 3.63) is 10.6 Å². The summed E-state index contributed by atoms with van der Waals surface area (Å²) in [5, 5.41) is 1.15. The number of thiazole rings is 1. The quantitative estimate of drug-likeness (QED) is 0.850. The predicted molar refractivity (Wildman–Crippen MR) is 69.1 cm³/mol. The zero-order valence-corrected chi connectivity index (χ0v) is 10.9. The summed E-state index contributed by atoms with van der Waals surface area (Å²) in [6.45, 7) is 6.88. The van der Waals surface area contributed by atoms with Crippen molar-refractivity contribution in [2.75, 3.05) is 38.1 Å². The van der Waals surface area contributed by atoms with E-state index in [1.807, 2.05) is 11.3 Å². The van der Waals surface area contributed by atoms with Gasteiger partial charge in [-0.25, -0.2) is 4.98 Å². The number of likely N-dealkylation sites (N-methyl/N-ethyl adjacent to an activating group) is 2. The second-order valence-corrected chi connectivity index (χ2v) is 5.28. The molecular formula is C11H20N4S. The Morgan fingerprint density at radius 3 is 3.06 bits per heavy atom. The van der Waals surface area contributed by atoms with E-state index in [0.29, 0.717) is 6.54 Å². The zero-order valence-electron chi connectivity index (χ0n) is 10.1. The van der Waals surface area contributed by atoms with Crippen molar-refractivity contribution in [3.8, 4) is 0 Å². The van der Waals surface area contributed by atoms with Gasteiger partial charge in [-0.3, -0.25) is 0 Å². The minimum absolute atomic E-state index is 0.692. The molecule has 2 N–H and O–H groups in total. The fourth-order valence-electron chi connectivity index (χ4n) is 2.00. The highest BCUT2D eigenvalue weighted by atomic mass is 32.1. The first-order valence-corrected chi connectivity index (χ1v) is 6.68. The molecule has 5 heteroatoms. The van der Waals surface area contributed by atoms with Gasteiger partial charge in [-0.15, -0.1) is 11.3 Å². The molecule has 0 unspecified atom stereocenters. The maximum absolute atomic E-state index is 5.61. The average Bonchev–Trinajstić information content (AvgIpc) is 2.68. The molecule has 0 amide bonds. The molecule has 0 aromatic carbocycles. The molecule has 4 nitrogen and oxygen atoms in total. The molecule has 1 aromatic heterocycles. The molecule has 0 saturated heterocycles. The fourth-order valence-corrected chi connectivity index (χ4v) is 3.14. The summed E-state index contributed by atoms with van der Waals surface area (Å²) in [7, 11) is 2.15. The molecule has 16 heavy (non-hydrogen) atoms. The van der Waals surface area contributed by atoms with Crippen LogP contribution in [-0.2, 0) is 13.0 Å². The lowest BCUT2D eigenvalue weighted by molar-refractivity contribution is 0.311. The third kappa shape index (κ3) is 2.36. The zero-order chi connectivity index (χ0) is 11.5. The highest BCUT2D eigenvalue weighted by Gasteiger charge is 2.20. The molecule has 0 saturated carbocycles. The summed E-state index contributed by atoms with van der Waals surface area (Å²) < 4.78 is 0. The highest BCUT2D eigenvalue weighted by molar-refractivity contribution is 7.15. The van der Waals surface area contributed by atoms with Gasteiger partial charge in [0.05, 0.1) is 5.69 Å². The summed E-state index contributed by atoms with van der Waals surface area (Å²) in [5.74, 6) is 0. The Labute approximate surface area is 101 Å². The van der Waals surface area contributed by atoms with Crippen LogP contribution in [0, 0.1) is 0 Å². The first kappa shape index (κ1) is 11.8. The van der Waals surface area contributed by atoms with Crippen LogP contribution in [0.25, 0.3) is 0 Å². The number of hydrogen-bond donors (Lipinski definition) is 1. The van der Waals surface area contributed by atoms with E-state index in [1.165, 1.54) is 10.6 Å². The topological polar surface area (TPSA) is 45.4 Å². The fraction of sp³-hybridized carbons (Fsp3) is 0.727. The van der Waals surface area contributed by atoms with Gasteiger partial charge in [0, 0.05) is 37.6 Å². The van der Waals surface area contributed by atoms with Crippen molar-refractivity contribution in [3.63, 3.8) is 0 Å². The number of nitrogens with two attached hydrogens (primary N) is 1. The normalized spacial score (nSPS) is 16.2. The molecule has 1 aliphatic rings. The second kappa shape index (κ2) is 5.12. The predicted octanol–water partition coefficient (Wildman–Crippen LogP) is 0.916. The summed E-state index contributed by atoms with van der Waals surface area (Å²) in [6, 6.07) is 0. The average molecular weight is 240 g/mol. The largest absolute Gasteiger partial charge is 0.347 e. The lowest BCUT2D eigenvalue weighted by Crippen LogP contribution is -2.29. The van der Waals surface area contributed by atoms with E-state index in [-0.39, 0.29) is 0 Å². The molecule has 1 aromatic rings. The van der Waals surface area contributed by atoms with E-state index in [2.05, 4.69) is 23.8 Å². The van der Waals surface area contributed by atoms with E-state index >= 15 is 0 Å². The van der Waals surface area contributed by atoms with E-state index in [0.717, 1.165) is 37.7 Å². The minimum Gasteiger partial charge on any atom is -0.347 e. The van der Waals surface area contributed by atoms with Crippen LogP contribution in [0.5, 0.6) is 0 Å². The maximum Gasteiger partial charge on any atom is 0.185 e. The third-order valence-electron chi connectivity index (χ3n) is 2.96. The van der Waals surface area contributed by atoms with Crippen LogP contribution in [0.2, 0.25) is 0 Å². The second-order valence-electron chi connectivity index (χ2n) is 4.22. The van der Waals surface area contributed by atoms with Gasteiger partial charge in [-0.2, -0.15) is 0 Å². The minimum atomic E-state index is 0.692. The first-order valence-electron chi connectivity index (χ1n) is 5.86. The van der Waals surface area contributed by atoms with Crippen LogP contribution >= 0.6 is 11.3 Å². The molecule has 90 valence electrons. The molecule has 0 atom stereocenters. The van der Waals surface area contributed by atoms with Gasteiger partial charge in [0.1, 0.15) is 0 Å². The number of anilines is 1. The number of nitrogens with zero attached hydrogens (tertiary/aromatic N) is 3. The molecule has 2 heterocycles. The Bertz CT molecular complexity index is 350. The SMILES string of the molecule is CCN(CCN)c1nc2c(s1)CCN(C)C2. The van der Waals surface area contributed by atoms with Crippen LogP contribution in [0.15, 0.2) is 0 Å². The lowest BCUT2D eigenvalue weighted by Gasteiger charge is -2.20. The molecule has 0 fully saturated rings. The van der Waals surface area contributed by atoms with Crippen molar-refractivity contribution < 1.29 is 0 Å². The van der Waals surface area contributed by atoms with Crippen LogP contribution in [0.1, 0.15) is 17.5 Å². The Morgan fingerprint density at radius 1 is 1.56 bits per heavy atom. The molecule has 0 aliphatic carbocycles. The van der Waals surface area contributed by atoms with Crippen LogP contribution in [0.3, 0.4) is 0 Å². The van der Waals surface area contributed by atoms with Gasteiger partial charge >= 0.3 is 0 Å². The summed E-state index contributed by atoms with van der Waals surface area (Å²) in [4.78, 5) is 10.8. The Kier molecular flexibility index (Phi) is 3.78. The molecular weight excluding hydrogens is 220 g/mol. The molecule has 0 radical (unpaired) electrons. The standard InChI is InChI=1S/C11H20N4S/c1-3-15(7-5-12)11-13-9-8-14(2)6-4-10(9)16-11/h3-8,12H2,1-2H3. The summed E-state index contributed by atoms with van der Waals surface area (Å²) >= 11 is 1.84. The molecule has 0 bridgehead atoms. The van der Waals surface area contributed by atoms with Crippen molar-refractivity contribution in [2.24, 2.45) is 5.73 Å². The van der Waals surface area contributed by atoms with Crippen LogP contribution < -0.4 is 10.6 Å². The van der Waals surface area contributed by atoms with Crippen molar-refractivity contribution >= 4 is 16.5 Å². The Hall–Kier alpha value is -0.650. The van der Waals surface area contributed by atoms with Crippen molar-refractivity contribution in [1.82, 2.24) is 9.88 Å². The monoisotopic (exact) mass is 240 g/mol. The molecule has 0 spiro atoms. The number of fused-ring (bicyclic) bond motifs is 1. The van der Waals surface area contributed by atoms with Gasteiger partial charge in [0.2, 0.25) is 0 Å². The summed E-state index contributed by atoms with van der Waals surface area (Å²) in [5.41, 5.74) is 6.88. The van der Waals surface area contributed by atoms with Gasteiger partial charge in [0.15, 0.2) is 5.13 Å². The van der Waals surface area contributed by atoms with Crippen molar-refractivity contribution in [2.45, 2.75) is 19.9 Å².